The van der Waals surface area contributed by atoms with E-state index in [1.54, 1.807) is 18.3 Å². The summed E-state index contributed by atoms with van der Waals surface area (Å²) >= 11 is 0. The van der Waals surface area contributed by atoms with Gasteiger partial charge in [-0.05, 0) is 61.4 Å². The molecule has 6 aromatic rings. The number of hydrogen-bond donors (Lipinski definition) is 3. The molecular weight excluding hydrogens is 598 g/mol. The molecule has 0 fully saturated rings. The normalized spacial score (nSPS) is 11.3. The van der Waals surface area contributed by atoms with E-state index in [-0.39, 0.29) is 22.7 Å². The third-order valence-corrected chi connectivity index (χ3v) is 8.19. The molecule has 0 aliphatic carbocycles. The second-order valence-electron chi connectivity index (χ2n) is 9.65. The number of halogens is 1. The molecule has 9 heteroatoms. The average Bonchev–Trinajstić information content (AvgIpc) is 2.97. The maximum Gasteiger partial charge on any atom is 0.232 e. The monoisotopic (exact) mass is 627 g/mol. The predicted octanol–water partition coefficient (Wildman–Crippen LogP) is 7.89. The van der Waals surface area contributed by atoms with Crippen molar-refractivity contribution in [2.24, 2.45) is 0 Å². The van der Waals surface area contributed by atoms with Crippen LogP contribution in [0.25, 0.3) is 32.7 Å². The molecule has 0 radical (unpaired) electrons. The lowest BCUT2D eigenvalue weighted by atomic mass is 10.1. The van der Waals surface area contributed by atoms with Crippen molar-refractivity contribution in [2.75, 3.05) is 27.7 Å². The summed E-state index contributed by atoms with van der Waals surface area (Å²) in [5.41, 5.74) is 6.14. The van der Waals surface area contributed by atoms with E-state index in [0.29, 0.717) is 18.7 Å². The first-order chi connectivity index (χ1) is 19.6. The third kappa shape index (κ3) is 6.58. The van der Waals surface area contributed by atoms with Crippen LogP contribution in [-0.4, -0.2) is 30.7 Å². The summed E-state index contributed by atoms with van der Waals surface area (Å²) in [6.45, 7) is 0.683. The van der Waals surface area contributed by atoms with Gasteiger partial charge in [-0.15, -0.1) is 17.0 Å². The van der Waals surface area contributed by atoms with Gasteiger partial charge in [-0.3, -0.25) is 9.71 Å². The van der Waals surface area contributed by atoms with Gasteiger partial charge in [0.25, 0.3) is 0 Å². The molecule has 4 aromatic carbocycles. The number of fused-ring (bicyclic) bond motifs is 3. The summed E-state index contributed by atoms with van der Waals surface area (Å²) in [4.78, 5) is 9.15. The fourth-order valence-electron chi connectivity index (χ4n) is 4.86. The lowest BCUT2D eigenvalue weighted by Gasteiger charge is -2.14. The molecule has 0 saturated carbocycles. The fourth-order valence-corrected chi connectivity index (χ4v) is 6.04. The largest absolute Gasteiger partial charge is 0.384 e. The molecule has 41 heavy (non-hydrogen) atoms. The smallest absolute Gasteiger partial charge is 0.232 e. The number of rotatable bonds is 10. The van der Waals surface area contributed by atoms with Crippen molar-refractivity contribution in [3.05, 3.63) is 109 Å². The van der Waals surface area contributed by atoms with Gasteiger partial charge < -0.3 is 10.6 Å². The van der Waals surface area contributed by atoms with Crippen molar-refractivity contribution >= 4 is 82.5 Å². The molecule has 6 rings (SSSR count). The number of nitrogens with one attached hydrogen (secondary N) is 3. The van der Waals surface area contributed by atoms with E-state index in [2.05, 4.69) is 20.3 Å². The Hall–Kier alpha value is -4.21. The fraction of sp³-hybridized carbons (Fsp3) is 0.125. The first-order valence-corrected chi connectivity index (χ1v) is 14.9. The lowest BCUT2D eigenvalue weighted by Crippen LogP contribution is -2.17. The van der Waals surface area contributed by atoms with Crippen LogP contribution in [0.3, 0.4) is 0 Å². The summed E-state index contributed by atoms with van der Waals surface area (Å²) in [5.74, 6) is 0.0563. The molecule has 0 unspecified atom stereocenters. The van der Waals surface area contributed by atoms with Gasteiger partial charge in [-0.25, -0.2) is 13.4 Å². The Morgan fingerprint density at radius 3 is 1.90 bits per heavy atom. The molecule has 0 saturated heterocycles. The van der Waals surface area contributed by atoms with Gasteiger partial charge in [0.1, 0.15) is 0 Å². The minimum atomic E-state index is -3.46. The zero-order valence-electron chi connectivity index (χ0n) is 22.2. The standard InChI is InChI=1S/C32H29N5O2S.BrH/c38-40(39,22-8-7-20-33-29-19-21-34-28-12-4-1-9-25(28)29)37-24-17-15-23(16-18-24)35-32-26-10-2-5-13-30(26)36-31-14-6-3-11-27(31)32;/h1-6,9-19,21,37H,7-8,20,22H2,(H,33,34)(H,35,36);1H. The highest BCUT2D eigenvalue weighted by Gasteiger charge is 2.12. The minimum absolute atomic E-state index is 0. The zero-order chi connectivity index (χ0) is 27.4. The van der Waals surface area contributed by atoms with E-state index < -0.39 is 10.0 Å². The Morgan fingerprint density at radius 1 is 0.634 bits per heavy atom. The van der Waals surface area contributed by atoms with Crippen molar-refractivity contribution in [2.45, 2.75) is 12.8 Å². The third-order valence-electron chi connectivity index (χ3n) is 6.82. The van der Waals surface area contributed by atoms with Gasteiger partial charge in [0.15, 0.2) is 0 Å². The van der Waals surface area contributed by atoms with Gasteiger partial charge >= 0.3 is 0 Å². The summed E-state index contributed by atoms with van der Waals surface area (Å²) in [5, 5.41) is 10.0. The van der Waals surface area contributed by atoms with Crippen LogP contribution >= 0.6 is 17.0 Å². The van der Waals surface area contributed by atoms with Crippen molar-refractivity contribution in [3.8, 4) is 0 Å². The Kier molecular flexibility index (Phi) is 8.66. The molecule has 0 spiro atoms. The van der Waals surface area contributed by atoms with Crippen molar-refractivity contribution in [1.82, 2.24) is 9.97 Å². The molecule has 0 amide bonds. The number of para-hydroxylation sites is 3. The topological polar surface area (TPSA) is 96.0 Å². The van der Waals surface area contributed by atoms with Crippen LogP contribution < -0.4 is 15.4 Å². The van der Waals surface area contributed by atoms with Crippen LogP contribution in [0.15, 0.2) is 109 Å². The number of nitrogens with zero attached hydrogens (tertiary/aromatic N) is 2. The van der Waals surface area contributed by atoms with Gasteiger partial charge in [0.2, 0.25) is 10.0 Å². The van der Waals surface area contributed by atoms with Crippen LogP contribution in [0.5, 0.6) is 0 Å². The van der Waals surface area contributed by atoms with Crippen LogP contribution in [0.4, 0.5) is 22.7 Å². The molecule has 2 aromatic heterocycles. The summed E-state index contributed by atoms with van der Waals surface area (Å²) < 4.78 is 28.1. The first kappa shape index (κ1) is 28.3. The Balaban J connectivity index is 0.00000337. The van der Waals surface area contributed by atoms with Crippen LogP contribution in [0.1, 0.15) is 12.8 Å². The van der Waals surface area contributed by atoms with Gasteiger partial charge in [0, 0.05) is 46.0 Å². The van der Waals surface area contributed by atoms with Crippen molar-refractivity contribution < 1.29 is 8.42 Å². The molecule has 3 N–H and O–H groups in total. The molecule has 7 nitrogen and oxygen atoms in total. The van der Waals surface area contributed by atoms with Crippen molar-refractivity contribution in [1.29, 1.82) is 0 Å². The lowest BCUT2D eigenvalue weighted by molar-refractivity contribution is 0.597. The Labute approximate surface area is 249 Å². The van der Waals surface area contributed by atoms with E-state index in [4.69, 9.17) is 4.98 Å². The summed E-state index contributed by atoms with van der Waals surface area (Å²) in [6.07, 6.45) is 3.06. The zero-order valence-corrected chi connectivity index (χ0v) is 24.8. The van der Waals surface area contributed by atoms with E-state index in [1.807, 2.05) is 91.0 Å². The van der Waals surface area contributed by atoms with Crippen LogP contribution in [0, 0.1) is 0 Å². The maximum atomic E-state index is 12.7. The second kappa shape index (κ2) is 12.5. The van der Waals surface area contributed by atoms with Crippen LogP contribution in [0.2, 0.25) is 0 Å². The highest BCUT2D eigenvalue weighted by Crippen LogP contribution is 2.33. The average molecular weight is 629 g/mol. The molecular formula is C32H30BrN5O2S. The Morgan fingerprint density at radius 2 is 1.22 bits per heavy atom. The molecule has 0 bridgehead atoms. The second-order valence-corrected chi connectivity index (χ2v) is 11.5. The number of sulfonamides is 1. The van der Waals surface area contributed by atoms with Gasteiger partial charge in [0.05, 0.1) is 28.0 Å². The molecule has 0 atom stereocenters. The Bertz CT molecular complexity index is 1850. The van der Waals surface area contributed by atoms with E-state index in [0.717, 1.165) is 56.2 Å². The van der Waals surface area contributed by atoms with E-state index >= 15 is 0 Å². The maximum absolute atomic E-state index is 12.7. The van der Waals surface area contributed by atoms with E-state index in [9.17, 15) is 8.42 Å². The van der Waals surface area contributed by atoms with E-state index in [1.165, 1.54) is 0 Å². The number of pyridine rings is 2. The molecule has 2 heterocycles. The summed E-state index contributed by atoms with van der Waals surface area (Å²) in [6, 6.07) is 33.3. The number of aromatic nitrogens is 2. The van der Waals surface area contributed by atoms with Crippen LogP contribution in [-0.2, 0) is 10.0 Å². The van der Waals surface area contributed by atoms with Gasteiger partial charge in [-0.1, -0.05) is 54.6 Å². The van der Waals surface area contributed by atoms with Gasteiger partial charge in [-0.2, -0.15) is 0 Å². The van der Waals surface area contributed by atoms with Crippen molar-refractivity contribution in [3.63, 3.8) is 0 Å². The minimum Gasteiger partial charge on any atom is -0.384 e. The SMILES string of the molecule is Br.O=S(=O)(CCCCNc1ccnc2ccccc12)Nc1ccc(Nc2c3ccccc3nc3ccccc23)cc1. The quantitative estimate of drug-likeness (QED) is 0.106. The molecule has 0 aliphatic heterocycles. The number of benzene rings is 4. The highest BCUT2D eigenvalue weighted by atomic mass is 79.9. The summed E-state index contributed by atoms with van der Waals surface area (Å²) in [7, 11) is -3.46. The number of anilines is 4. The first-order valence-electron chi connectivity index (χ1n) is 13.3. The predicted molar refractivity (Wildman–Crippen MR) is 176 cm³/mol. The molecule has 208 valence electrons. The number of hydrogen-bond acceptors (Lipinski definition) is 6. The molecule has 0 aliphatic rings. The number of unbranched alkanes of at least 4 members (excludes halogenated alkanes) is 1. The highest BCUT2D eigenvalue weighted by molar-refractivity contribution is 8.93.